The second kappa shape index (κ2) is 9.29. The second-order valence-corrected chi connectivity index (χ2v) is 6.36. The zero-order chi connectivity index (χ0) is 20.6. The number of ether oxygens (including phenoxy) is 1. The lowest BCUT2D eigenvalue weighted by Gasteiger charge is -2.06. The van der Waals surface area contributed by atoms with Gasteiger partial charge in [-0.3, -0.25) is 9.78 Å². The van der Waals surface area contributed by atoms with Gasteiger partial charge in [0.05, 0.1) is 17.6 Å². The van der Waals surface area contributed by atoms with Gasteiger partial charge >= 0.3 is 0 Å². The number of carbonyl (C=O) groups is 1. The van der Waals surface area contributed by atoms with Crippen molar-refractivity contribution in [2.75, 3.05) is 5.32 Å². The van der Waals surface area contributed by atoms with Gasteiger partial charge in [0.2, 0.25) is 5.91 Å². The molecule has 0 aliphatic carbocycles. The van der Waals surface area contributed by atoms with Gasteiger partial charge in [-0.15, -0.1) is 0 Å². The maximum absolute atomic E-state index is 12.2. The van der Waals surface area contributed by atoms with E-state index < -0.39 is 0 Å². The molecule has 0 saturated heterocycles. The van der Waals surface area contributed by atoms with Crippen molar-refractivity contribution in [1.29, 1.82) is 0 Å². The number of nitrogens with one attached hydrogen (secondary N) is 1. The molecule has 0 spiro atoms. The Morgan fingerprint density at radius 1 is 1.00 bits per heavy atom. The number of pyridine rings is 2. The topological polar surface area (TPSA) is 81.9 Å². The van der Waals surface area contributed by atoms with E-state index in [9.17, 15) is 4.79 Å². The maximum atomic E-state index is 12.2. The fraction of sp³-hybridized carbons (Fsp3) is 0.0435. The molecule has 0 atom stereocenters. The van der Waals surface area contributed by atoms with Crippen LogP contribution in [0.5, 0.6) is 5.75 Å². The number of aromatic nitrogens is 4. The summed E-state index contributed by atoms with van der Waals surface area (Å²) in [4.78, 5) is 20.7. The molecule has 0 aliphatic rings. The zero-order valence-electron chi connectivity index (χ0n) is 16.1. The van der Waals surface area contributed by atoms with E-state index in [0.29, 0.717) is 18.1 Å². The average molecular weight is 397 g/mol. The summed E-state index contributed by atoms with van der Waals surface area (Å²) in [6.07, 6.45) is 10.0. The van der Waals surface area contributed by atoms with Crippen molar-refractivity contribution >= 4 is 17.7 Å². The lowest BCUT2D eigenvalue weighted by molar-refractivity contribution is -0.111. The third-order valence-corrected chi connectivity index (χ3v) is 4.17. The van der Waals surface area contributed by atoms with E-state index in [1.54, 1.807) is 47.7 Å². The Balaban J connectivity index is 1.29. The van der Waals surface area contributed by atoms with Gasteiger partial charge in [0.15, 0.2) is 5.82 Å². The predicted molar refractivity (Wildman–Crippen MR) is 114 cm³/mol. The number of anilines is 1. The van der Waals surface area contributed by atoms with Gasteiger partial charge in [-0.05, 0) is 54.1 Å². The molecule has 0 unspecified atom stereocenters. The molecule has 7 heteroatoms. The fourth-order valence-electron chi connectivity index (χ4n) is 2.67. The quantitative estimate of drug-likeness (QED) is 0.479. The molecule has 4 aromatic rings. The molecule has 1 N–H and O–H groups in total. The monoisotopic (exact) mass is 397 g/mol. The van der Waals surface area contributed by atoms with E-state index in [2.05, 4.69) is 20.4 Å². The first kappa shape index (κ1) is 19.1. The van der Waals surface area contributed by atoms with Crippen LogP contribution in [0.15, 0.2) is 91.5 Å². The maximum Gasteiger partial charge on any atom is 0.248 e. The lowest BCUT2D eigenvalue weighted by atomic mass is 10.2. The van der Waals surface area contributed by atoms with Gasteiger partial charge in [-0.2, -0.15) is 5.10 Å². The molecule has 7 nitrogen and oxygen atoms in total. The highest BCUT2D eigenvalue weighted by atomic mass is 16.5. The Hall–Kier alpha value is -4.26. The van der Waals surface area contributed by atoms with E-state index in [4.69, 9.17) is 4.74 Å². The van der Waals surface area contributed by atoms with Crippen LogP contribution in [-0.2, 0) is 11.4 Å². The Morgan fingerprint density at radius 2 is 1.90 bits per heavy atom. The van der Waals surface area contributed by atoms with Crippen molar-refractivity contribution in [3.05, 3.63) is 103 Å². The summed E-state index contributed by atoms with van der Waals surface area (Å²) in [5, 5.41) is 6.90. The van der Waals surface area contributed by atoms with E-state index in [0.717, 1.165) is 17.0 Å². The molecule has 3 aromatic heterocycles. The number of hydrogen-bond acceptors (Lipinski definition) is 5. The molecule has 30 heavy (non-hydrogen) atoms. The summed E-state index contributed by atoms with van der Waals surface area (Å²) >= 11 is 0. The van der Waals surface area contributed by atoms with Crippen LogP contribution in [0.1, 0.15) is 11.3 Å². The van der Waals surface area contributed by atoms with Crippen LogP contribution in [0.2, 0.25) is 0 Å². The minimum atomic E-state index is -0.237. The van der Waals surface area contributed by atoms with Crippen LogP contribution in [0.3, 0.4) is 0 Å². The highest BCUT2D eigenvalue weighted by molar-refractivity contribution is 6.01. The van der Waals surface area contributed by atoms with E-state index in [1.807, 2.05) is 48.5 Å². The van der Waals surface area contributed by atoms with E-state index in [-0.39, 0.29) is 5.91 Å². The van der Waals surface area contributed by atoms with Crippen LogP contribution in [0, 0.1) is 0 Å². The number of hydrogen-bond donors (Lipinski definition) is 1. The third kappa shape index (κ3) is 5.17. The minimum Gasteiger partial charge on any atom is -0.487 e. The summed E-state index contributed by atoms with van der Waals surface area (Å²) in [7, 11) is 0. The molecule has 3 heterocycles. The Morgan fingerprint density at radius 3 is 2.60 bits per heavy atom. The summed E-state index contributed by atoms with van der Waals surface area (Å²) in [5.41, 5.74) is 2.37. The van der Waals surface area contributed by atoms with E-state index in [1.165, 1.54) is 6.08 Å². The number of benzene rings is 1. The molecule has 0 bridgehead atoms. The molecule has 0 radical (unpaired) electrons. The number of carbonyl (C=O) groups excluding carboxylic acids is 1. The first-order valence-electron chi connectivity index (χ1n) is 9.34. The highest BCUT2D eigenvalue weighted by Crippen LogP contribution is 2.15. The number of amides is 1. The Kier molecular flexibility index (Phi) is 5.91. The van der Waals surface area contributed by atoms with E-state index >= 15 is 0 Å². The molecular weight excluding hydrogens is 378 g/mol. The second-order valence-electron chi connectivity index (χ2n) is 6.36. The SMILES string of the molecule is O=C(/C=C/c1ccc(OCc2ccccn2)cc1)Nc1ccc(-n2cccn2)nc1. The minimum absolute atomic E-state index is 0.237. The molecule has 0 aliphatic heterocycles. The number of rotatable bonds is 7. The van der Waals surface area contributed by atoms with Gasteiger partial charge in [-0.25, -0.2) is 9.67 Å². The van der Waals surface area contributed by atoms with Gasteiger partial charge in [0, 0.05) is 24.7 Å². The average Bonchev–Trinajstić information content (AvgIpc) is 3.33. The van der Waals surface area contributed by atoms with Gasteiger partial charge in [0.25, 0.3) is 0 Å². The van der Waals surface area contributed by atoms with Crippen molar-refractivity contribution in [3.63, 3.8) is 0 Å². The van der Waals surface area contributed by atoms with Gasteiger partial charge in [-0.1, -0.05) is 18.2 Å². The predicted octanol–water partition coefficient (Wildman–Crippen LogP) is 3.89. The van der Waals surface area contributed by atoms with Crippen LogP contribution in [0.25, 0.3) is 11.9 Å². The fourth-order valence-corrected chi connectivity index (χ4v) is 2.67. The smallest absolute Gasteiger partial charge is 0.248 e. The Labute approximate surface area is 173 Å². The normalized spacial score (nSPS) is 10.8. The summed E-state index contributed by atoms with van der Waals surface area (Å²) < 4.78 is 7.36. The lowest BCUT2D eigenvalue weighted by Crippen LogP contribution is -2.08. The molecule has 1 aromatic carbocycles. The van der Waals surface area contributed by atoms with Crippen LogP contribution >= 0.6 is 0 Å². The molecule has 1 amide bonds. The molecule has 4 rings (SSSR count). The van der Waals surface area contributed by atoms with Crippen LogP contribution in [-0.4, -0.2) is 25.7 Å². The standard InChI is InChI=1S/C23H19N5O2/c29-23(27-19-8-11-22(25-16-19)28-15-3-14-26-28)12-7-18-5-9-21(10-6-18)30-17-20-4-1-2-13-24-20/h1-16H,17H2,(H,27,29)/b12-7+. The zero-order valence-corrected chi connectivity index (χ0v) is 16.1. The van der Waals surface area contributed by atoms with Crippen LogP contribution in [0.4, 0.5) is 5.69 Å². The van der Waals surface area contributed by atoms with Crippen molar-refractivity contribution in [3.8, 4) is 11.6 Å². The largest absolute Gasteiger partial charge is 0.487 e. The highest BCUT2D eigenvalue weighted by Gasteiger charge is 2.02. The first-order valence-corrected chi connectivity index (χ1v) is 9.34. The molecule has 0 fully saturated rings. The van der Waals surface area contributed by atoms with Crippen molar-refractivity contribution in [1.82, 2.24) is 19.7 Å². The first-order chi connectivity index (χ1) is 14.8. The summed E-state index contributed by atoms with van der Waals surface area (Å²) in [6.45, 7) is 0.408. The van der Waals surface area contributed by atoms with Crippen molar-refractivity contribution in [2.45, 2.75) is 6.61 Å². The van der Waals surface area contributed by atoms with Gasteiger partial charge < -0.3 is 10.1 Å². The van der Waals surface area contributed by atoms with Gasteiger partial charge in [0.1, 0.15) is 12.4 Å². The third-order valence-electron chi connectivity index (χ3n) is 4.17. The molecule has 0 saturated carbocycles. The molecular formula is C23H19N5O2. The molecule has 148 valence electrons. The summed E-state index contributed by atoms with van der Waals surface area (Å²) in [6, 6.07) is 18.6. The summed E-state index contributed by atoms with van der Waals surface area (Å²) in [5.74, 6) is 1.18. The van der Waals surface area contributed by atoms with Crippen molar-refractivity contribution in [2.24, 2.45) is 0 Å². The van der Waals surface area contributed by atoms with Crippen LogP contribution < -0.4 is 10.1 Å². The van der Waals surface area contributed by atoms with Crippen molar-refractivity contribution < 1.29 is 9.53 Å². The number of nitrogens with zero attached hydrogens (tertiary/aromatic N) is 4. The Bertz CT molecular complexity index is 1110.